The van der Waals surface area contributed by atoms with Crippen LogP contribution < -0.4 is 4.90 Å². The number of rotatable bonds is 3. The molecule has 1 saturated carbocycles. The van der Waals surface area contributed by atoms with E-state index in [4.69, 9.17) is 16.3 Å². The van der Waals surface area contributed by atoms with Crippen molar-refractivity contribution >= 4 is 29.2 Å². The van der Waals surface area contributed by atoms with Crippen LogP contribution in [0.3, 0.4) is 0 Å². The molecule has 1 aliphatic carbocycles. The maximum Gasteiger partial charge on any atom is 0.318 e. The fourth-order valence-corrected chi connectivity index (χ4v) is 3.03. The number of aromatic nitrogens is 1. The molecule has 5 nitrogen and oxygen atoms in total. The first-order valence-corrected chi connectivity index (χ1v) is 7.66. The number of ketones is 1. The van der Waals surface area contributed by atoms with Gasteiger partial charge in [0.25, 0.3) is 0 Å². The number of hydrogen-bond donors (Lipinski definition) is 0. The fourth-order valence-electron chi connectivity index (χ4n) is 2.81. The Balaban J connectivity index is 2.10. The van der Waals surface area contributed by atoms with Crippen molar-refractivity contribution in [2.45, 2.75) is 32.7 Å². The number of esters is 1. The molecule has 0 aromatic carbocycles. The van der Waals surface area contributed by atoms with Crippen LogP contribution in [0.2, 0.25) is 5.15 Å². The zero-order chi connectivity index (χ0) is 16.0. The largest absolute Gasteiger partial charge is 0.465 e. The summed E-state index contributed by atoms with van der Waals surface area (Å²) in [6.07, 6.45) is 1.91. The molecular weight excluding hydrogens is 311 g/mol. The Morgan fingerprint density at radius 3 is 2.77 bits per heavy atom. The van der Waals surface area contributed by atoms with Crippen LogP contribution in [0.1, 0.15) is 35.7 Å². The molecule has 0 spiro atoms. The first-order valence-electron chi connectivity index (χ1n) is 7.28. The molecule has 118 valence electrons. The van der Waals surface area contributed by atoms with Crippen LogP contribution in [-0.2, 0) is 9.53 Å². The van der Waals surface area contributed by atoms with Gasteiger partial charge in [-0.1, -0.05) is 11.6 Å². The molecule has 3 rings (SSSR count). The molecule has 1 aliphatic heterocycles. The van der Waals surface area contributed by atoms with Crippen molar-refractivity contribution < 1.29 is 18.7 Å². The van der Waals surface area contributed by atoms with Crippen molar-refractivity contribution in [3.63, 3.8) is 0 Å². The molecular formula is C15H16ClFN2O3. The van der Waals surface area contributed by atoms with Crippen LogP contribution in [-0.4, -0.2) is 35.9 Å². The minimum atomic E-state index is -0.936. The number of pyridine rings is 1. The molecule has 0 bridgehead atoms. The number of carbonyl (C=O) groups excluding carboxylic acids is 2. The van der Waals surface area contributed by atoms with Crippen molar-refractivity contribution in [2.24, 2.45) is 5.92 Å². The fraction of sp³-hybridized carbons (Fsp3) is 0.533. The Hall–Kier alpha value is -1.69. The Morgan fingerprint density at radius 2 is 2.18 bits per heavy atom. The standard InChI is InChI=1S/C15H16ClFN2O3/c1-3-22-15(21)9-6-19(8-4-5-8)14-10(12(9)20)7(2)11(17)13(16)18-14/h8-9H,3-6H2,1-2H3. The van der Waals surface area contributed by atoms with Crippen molar-refractivity contribution in [3.05, 3.63) is 22.1 Å². The second-order valence-electron chi connectivity index (χ2n) is 5.59. The lowest BCUT2D eigenvalue weighted by Gasteiger charge is -2.34. The van der Waals surface area contributed by atoms with Gasteiger partial charge in [-0.05, 0) is 26.7 Å². The Morgan fingerprint density at radius 1 is 1.50 bits per heavy atom. The number of carbonyl (C=O) groups is 2. The van der Waals surface area contributed by atoms with Crippen LogP contribution in [0.4, 0.5) is 10.2 Å². The number of fused-ring (bicyclic) bond motifs is 1. The molecule has 0 radical (unpaired) electrons. The third kappa shape index (κ3) is 2.35. The van der Waals surface area contributed by atoms with Gasteiger partial charge in [-0.2, -0.15) is 0 Å². The number of anilines is 1. The minimum Gasteiger partial charge on any atom is -0.465 e. The summed E-state index contributed by atoms with van der Waals surface area (Å²) in [6.45, 7) is 3.58. The highest BCUT2D eigenvalue weighted by atomic mass is 35.5. The van der Waals surface area contributed by atoms with E-state index in [0.29, 0.717) is 5.82 Å². The van der Waals surface area contributed by atoms with Gasteiger partial charge in [-0.25, -0.2) is 9.37 Å². The summed E-state index contributed by atoms with van der Waals surface area (Å²) in [5.41, 5.74) is 0.290. The molecule has 0 amide bonds. The van der Waals surface area contributed by atoms with Gasteiger partial charge in [0.2, 0.25) is 0 Å². The quantitative estimate of drug-likeness (QED) is 0.485. The smallest absolute Gasteiger partial charge is 0.318 e. The van der Waals surface area contributed by atoms with Gasteiger partial charge in [-0.3, -0.25) is 9.59 Å². The summed E-state index contributed by atoms with van der Waals surface area (Å²) in [4.78, 5) is 30.6. The van der Waals surface area contributed by atoms with E-state index in [1.54, 1.807) is 6.92 Å². The number of nitrogens with zero attached hydrogens (tertiary/aromatic N) is 2. The van der Waals surface area contributed by atoms with Gasteiger partial charge < -0.3 is 9.64 Å². The van der Waals surface area contributed by atoms with Crippen molar-refractivity contribution in [1.29, 1.82) is 0 Å². The summed E-state index contributed by atoms with van der Waals surface area (Å²) >= 11 is 5.82. The van der Waals surface area contributed by atoms with E-state index in [0.717, 1.165) is 12.8 Å². The van der Waals surface area contributed by atoms with Gasteiger partial charge in [0.15, 0.2) is 16.8 Å². The van der Waals surface area contributed by atoms with Gasteiger partial charge in [0.05, 0.1) is 12.2 Å². The van der Waals surface area contributed by atoms with E-state index < -0.39 is 23.5 Å². The molecule has 0 N–H and O–H groups in total. The van der Waals surface area contributed by atoms with Gasteiger partial charge in [0.1, 0.15) is 11.7 Å². The van der Waals surface area contributed by atoms with Crippen LogP contribution in [0.25, 0.3) is 0 Å². The third-order valence-electron chi connectivity index (χ3n) is 4.09. The summed E-state index contributed by atoms with van der Waals surface area (Å²) in [7, 11) is 0. The second-order valence-corrected chi connectivity index (χ2v) is 5.95. The first kappa shape index (κ1) is 15.2. The monoisotopic (exact) mass is 326 g/mol. The highest BCUT2D eigenvalue weighted by Crippen LogP contribution is 2.40. The lowest BCUT2D eigenvalue weighted by molar-refractivity contribution is -0.145. The van der Waals surface area contributed by atoms with E-state index >= 15 is 0 Å². The van der Waals surface area contributed by atoms with Gasteiger partial charge in [0, 0.05) is 18.2 Å². The molecule has 1 unspecified atom stereocenters. The average molecular weight is 327 g/mol. The lowest BCUT2D eigenvalue weighted by atomic mass is 9.90. The normalized spacial score (nSPS) is 20.8. The van der Waals surface area contributed by atoms with E-state index in [9.17, 15) is 14.0 Å². The first-order chi connectivity index (χ1) is 10.5. The summed E-state index contributed by atoms with van der Waals surface area (Å²) in [5.74, 6) is -2.27. The second kappa shape index (κ2) is 5.50. The molecule has 7 heteroatoms. The molecule has 2 aliphatic rings. The zero-order valence-corrected chi connectivity index (χ0v) is 13.1. The number of hydrogen-bond acceptors (Lipinski definition) is 5. The van der Waals surface area contributed by atoms with Crippen molar-refractivity contribution in [1.82, 2.24) is 4.98 Å². The number of halogens is 2. The summed E-state index contributed by atoms with van der Waals surface area (Å²) in [5, 5.41) is -0.246. The molecule has 22 heavy (non-hydrogen) atoms. The molecule has 1 atom stereocenters. The van der Waals surface area contributed by atoms with Crippen LogP contribution in [0.15, 0.2) is 0 Å². The van der Waals surface area contributed by atoms with Crippen LogP contribution in [0.5, 0.6) is 0 Å². The Kier molecular flexibility index (Phi) is 3.80. The van der Waals surface area contributed by atoms with Gasteiger partial charge >= 0.3 is 5.97 Å². The van der Waals surface area contributed by atoms with Crippen LogP contribution in [0, 0.1) is 18.7 Å². The lowest BCUT2D eigenvalue weighted by Crippen LogP contribution is -2.45. The molecule has 0 saturated heterocycles. The molecule has 1 aromatic heterocycles. The average Bonchev–Trinajstić information content (AvgIpc) is 3.29. The Labute approximate surface area is 132 Å². The summed E-state index contributed by atoms with van der Waals surface area (Å²) < 4.78 is 19.0. The van der Waals surface area contributed by atoms with Crippen LogP contribution >= 0.6 is 11.6 Å². The highest BCUT2D eigenvalue weighted by molar-refractivity contribution is 6.30. The topological polar surface area (TPSA) is 59.5 Å². The van der Waals surface area contributed by atoms with E-state index in [-0.39, 0.29) is 35.5 Å². The van der Waals surface area contributed by atoms with Crippen molar-refractivity contribution in [2.75, 3.05) is 18.1 Å². The predicted molar refractivity (Wildman–Crippen MR) is 78.8 cm³/mol. The summed E-state index contributed by atoms with van der Waals surface area (Å²) in [6, 6.07) is 0.220. The van der Waals surface area contributed by atoms with E-state index in [1.165, 1.54) is 6.92 Å². The third-order valence-corrected chi connectivity index (χ3v) is 4.34. The molecule has 1 aromatic rings. The maximum absolute atomic E-state index is 14.0. The zero-order valence-electron chi connectivity index (χ0n) is 12.4. The van der Waals surface area contributed by atoms with E-state index in [2.05, 4.69) is 4.98 Å². The maximum atomic E-state index is 14.0. The highest BCUT2D eigenvalue weighted by Gasteiger charge is 2.44. The predicted octanol–water partition coefficient (Wildman–Crippen LogP) is 2.53. The van der Waals surface area contributed by atoms with E-state index in [1.807, 2.05) is 4.90 Å². The number of Topliss-reactive ketones (excluding diaryl/α,β-unsaturated/α-hetero) is 1. The number of ether oxygens (including phenoxy) is 1. The van der Waals surface area contributed by atoms with Crippen molar-refractivity contribution in [3.8, 4) is 0 Å². The molecule has 2 heterocycles. The molecule has 1 fully saturated rings. The SMILES string of the molecule is CCOC(=O)C1CN(C2CC2)c2nc(Cl)c(F)c(C)c2C1=O. The van der Waals surface area contributed by atoms with Gasteiger partial charge in [-0.15, -0.1) is 0 Å². The minimum absolute atomic E-state index is 0.139. The Bertz CT molecular complexity index is 661.